The Morgan fingerprint density at radius 1 is 1.62 bits per heavy atom. The molecule has 0 saturated carbocycles. The Hall–Kier alpha value is -1.81. The monoisotopic (exact) mass is 219 g/mol. The second-order valence-corrected chi connectivity index (χ2v) is 3.68. The minimum Gasteiger partial charge on any atom is -0.496 e. The van der Waals surface area contributed by atoms with E-state index in [1.54, 1.807) is 19.2 Å². The highest BCUT2D eigenvalue weighted by Crippen LogP contribution is 2.35. The largest absolute Gasteiger partial charge is 0.496 e. The number of carbonyl (C=O) groups is 1. The average Bonchev–Trinajstić information content (AvgIpc) is 2.28. The molecule has 0 amide bonds. The van der Waals surface area contributed by atoms with Crippen LogP contribution in [0.5, 0.6) is 5.75 Å². The van der Waals surface area contributed by atoms with Crippen molar-refractivity contribution in [3.05, 3.63) is 35.9 Å². The number of benzene rings is 1. The van der Waals surface area contributed by atoms with E-state index in [9.17, 15) is 4.79 Å². The summed E-state index contributed by atoms with van der Waals surface area (Å²) >= 11 is 0. The number of ether oxygens (including phenoxy) is 1. The summed E-state index contributed by atoms with van der Waals surface area (Å²) in [7, 11) is 1.57. The Kier molecular flexibility index (Phi) is 2.66. The lowest BCUT2D eigenvalue weighted by atomic mass is 9.91. The first-order valence-electron chi connectivity index (χ1n) is 4.96. The summed E-state index contributed by atoms with van der Waals surface area (Å²) in [6.45, 7) is 4.39. The van der Waals surface area contributed by atoms with Gasteiger partial charge in [-0.15, -0.1) is 0 Å². The number of carboxylic acid groups (broad SMARTS) is 1. The molecule has 2 rings (SSSR count). The number of nitrogens with one attached hydrogen (secondary N) is 1. The standard InChI is InChI=1S/C12H13NO3/c1-7-6-13-11(12(14)15)8-4-3-5-9(16-2)10(7)8/h3-5,11,13H,1,6H2,2H3,(H,14,15). The molecule has 0 bridgehead atoms. The molecule has 0 radical (unpaired) electrons. The molecule has 84 valence electrons. The molecule has 1 aliphatic rings. The fourth-order valence-electron chi connectivity index (χ4n) is 1.98. The van der Waals surface area contributed by atoms with Crippen LogP contribution in [0.25, 0.3) is 5.57 Å². The van der Waals surface area contributed by atoms with Crippen molar-refractivity contribution in [2.75, 3.05) is 13.7 Å². The van der Waals surface area contributed by atoms with Crippen molar-refractivity contribution in [2.45, 2.75) is 6.04 Å². The minimum atomic E-state index is -0.887. The van der Waals surface area contributed by atoms with Crippen molar-refractivity contribution in [1.29, 1.82) is 0 Å². The molecular formula is C12H13NO3. The molecule has 0 aromatic heterocycles. The Morgan fingerprint density at radius 3 is 3.00 bits per heavy atom. The van der Waals surface area contributed by atoms with Crippen molar-refractivity contribution in [1.82, 2.24) is 5.32 Å². The maximum absolute atomic E-state index is 11.1. The van der Waals surface area contributed by atoms with Gasteiger partial charge in [-0.05, 0) is 17.2 Å². The summed E-state index contributed by atoms with van der Waals surface area (Å²) in [5.41, 5.74) is 2.38. The van der Waals surface area contributed by atoms with Crippen LogP contribution in [0.3, 0.4) is 0 Å². The lowest BCUT2D eigenvalue weighted by Gasteiger charge is -2.26. The first kappa shape index (κ1) is 10.7. The van der Waals surface area contributed by atoms with Crippen LogP contribution < -0.4 is 10.1 Å². The zero-order valence-corrected chi connectivity index (χ0v) is 8.99. The van der Waals surface area contributed by atoms with Crippen molar-refractivity contribution < 1.29 is 14.6 Å². The molecular weight excluding hydrogens is 206 g/mol. The quantitative estimate of drug-likeness (QED) is 0.790. The van der Waals surface area contributed by atoms with Gasteiger partial charge in [0.15, 0.2) is 0 Å². The zero-order valence-electron chi connectivity index (χ0n) is 8.99. The molecule has 1 aliphatic heterocycles. The number of hydrogen-bond donors (Lipinski definition) is 2. The van der Waals surface area contributed by atoms with E-state index in [0.717, 1.165) is 11.1 Å². The van der Waals surface area contributed by atoms with E-state index in [1.165, 1.54) is 0 Å². The third-order valence-corrected chi connectivity index (χ3v) is 2.71. The number of fused-ring (bicyclic) bond motifs is 1. The number of aliphatic carboxylic acids is 1. The van der Waals surface area contributed by atoms with Crippen LogP contribution in [0.1, 0.15) is 17.2 Å². The highest BCUT2D eigenvalue weighted by Gasteiger charge is 2.29. The maximum atomic E-state index is 11.1. The number of methoxy groups -OCH3 is 1. The highest BCUT2D eigenvalue weighted by molar-refractivity contribution is 5.84. The molecule has 1 aromatic carbocycles. The van der Waals surface area contributed by atoms with Gasteiger partial charge in [0.1, 0.15) is 11.8 Å². The second-order valence-electron chi connectivity index (χ2n) is 3.68. The van der Waals surface area contributed by atoms with Gasteiger partial charge in [-0.25, -0.2) is 0 Å². The van der Waals surface area contributed by atoms with Crippen LogP contribution in [0, 0.1) is 0 Å². The smallest absolute Gasteiger partial charge is 0.325 e. The number of hydrogen-bond acceptors (Lipinski definition) is 3. The van der Waals surface area contributed by atoms with Gasteiger partial charge in [0.2, 0.25) is 0 Å². The SMILES string of the molecule is C=C1CNC(C(=O)O)c2cccc(OC)c21. The Labute approximate surface area is 93.5 Å². The summed E-state index contributed by atoms with van der Waals surface area (Å²) in [5, 5.41) is 12.0. The summed E-state index contributed by atoms with van der Waals surface area (Å²) in [6, 6.07) is 4.70. The van der Waals surface area contributed by atoms with Crippen LogP contribution in [0.15, 0.2) is 24.8 Å². The van der Waals surface area contributed by atoms with E-state index in [2.05, 4.69) is 11.9 Å². The zero-order chi connectivity index (χ0) is 11.7. The van der Waals surface area contributed by atoms with Gasteiger partial charge in [-0.2, -0.15) is 0 Å². The predicted octanol–water partition coefficient (Wildman–Crippen LogP) is 1.44. The first-order valence-corrected chi connectivity index (χ1v) is 4.96. The minimum absolute atomic E-state index is 0.463. The summed E-state index contributed by atoms with van der Waals surface area (Å²) < 4.78 is 5.23. The van der Waals surface area contributed by atoms with Crippen molar-refractivity contribution >= 4 is 11.5 Å². The molecule has 0 spiro atoms. The third-order valence-electron chi connectivity index (χ3n) is 2.71. The molecule has 4 heteroatoms. The molecule has 0 aliphatic carbocycles. The molecule has 0 saturated heterocycles. The van der Waals surface area contributed by atoms with Crippen LogP contribution in [0.2, 0.25) is 0 Å². The van der Waals surface area contributed by atoms with E-state index >= 15 is 0 Å². The van der Waals surface area contributed by atoms with Gasteiger partial charge >= 0.3 is 5.97 Å². The lowest BCUT2D eigenvalue weighted by molar-refractivity contribution is -0.139. The normalized spacial score (nSPS) is 19.1. The predicted molar refractivity (Wildman–Crippen MR) is 60.4 cm³/mol. The van der Waals surface area contributed by atoms with Crippen molar-refractivity contribution in [3.8, 4) is 5.75 Å². The van der Waals surface area contributed by atoms with E-state index < -0.39 is 12.0 Å². The summed E-state index contributed by atoms with van der Waals surface area (Å²) in [4.78, 5) is 11.1. The molecule has 1 unspecified atom stereocenters. The van der Waals surface area contributed by atoms with Crippen molar-refractivity contribution in [3.63, 3.8) is 0 Å². The van der Waals surface area contributed by atoms with Gasteiger partial charge < -0.3 is 9.84 Å². The maximum Gasteiger partial charge on any atom is 0.325 e. The molecule has 4 nitrogen and oxygen atoms in total. The number of rotatable bonds is 2. The second kappa shape index (κ2) is 3.98. The molecule has 0 fully saturated rings. The van der Waals surface area contributed by atoms with E-state index in [1.807, 2.05) is 6.07 Å². The van der Waals surface area contributed by atoms with Gasteiger partial charge in [0.05, 0.1) is 7.11 Å². The van der Waals surface area contributed by atoms with E-state index in [-0.39, 0.29) is 0 Å². The Balaban J connectivity index is 2.59. The molecule has 1 atom stereocenters. The molecule has 2 N–H and O–H groups in total. The molecule has 1 aromatic rings. The highest BCUT2D eigenvalue weighted by atomic mass is 16.5. The topological polar surface area (TPSA) is 58.6 Å². The Bertz CT molecular complexity index is 454. The van der Waals surface area contributed by atoms with Crippen LogP contribution in [-0.2, 0) is 4.79 Å². The van der Waals surface area contributed by atoms with Crippen molar-refractivity contribution in [2.24, 2.45) is 0 Å². The summed E-state index contributed by atoms with van der Waals surface area (Å²) in [5.74, 6) is -0.211. The van der Waals surface area contributed by atoms with Crippen LogP contribution >= 0.6 is 0 Å². The third kappa shape index (κ3) is 1.57. The van der Waals surface area contributed by atoms with Crippen LogP contribution in [-0.4, -0.2) is 24.7 Å². The van der Waals surface area contributed by atoms with Gasteiger partial charge in [0.25, 0.3) is 0 Å². The first-order chi connectivity index (χ1) is 7.65. The van der Waals surface area contributed by atoms with Gasteiger partial charge in [0, 0.05) is 12.1 Å². The van der Waals surface area contributed by atoms with Gasteiger partial charge in [-0.3, -0.25) is 10.1 Å². The molecule has 1 heterocycles. The van der Waals surface area contributed by atoms with Gasteiger partial charge in [-0.1, -0.05) is 18.7 Å². The fraction of sp³-hybridized carbons (Fsp3) is 0.250. The Morgan fingerprint density at radius 2 is 2.38 bits per heavy atom. The number of carboxylic acids is 1. The average molecular weight is 219 g/mol. The van der Waals surface area contributed by atoms with E-state index in [4.69, 9.17) is 9.84 Å². The molecule has 16 heavy (non-hydrogen) atoms. The summed E-state index contributed by atoms with van der Waals surface area (Å²) in [6.07, 6.45) is 0. The lowest BCUT2D eigenvalue weighted by Crippen LogP contribution is -2.34. The van der Waals surface area contributed by atoms with Crippen LogP contribution in [0.4, 0.5) is 0 Å². The fourth-order valence-corrected chi connectivity index (χ4v) is 1.98. The van der Waals surface area contributed by atoms with E-state index in [0.29, 0.717) is 17.9 Å².